The zero-order chi connectivity index (χ0) is 11.7. The van der Waals surface area contributed by atoms with Gasteiger partial charge in [-0.1, -0.05) is 13.8 Å². The molecule has 0 bridgehead atoms. The average Bonchev–Trinajstić information content (AvgIpc) is 2.60. The van der Waals surface area contributed by atoms with Crippen LogP contribution in [-0.4, -0.2) is 14.6 Å². The van der Waals surface area contributed by atoms with Crippen molar-refractivity contribution in [1.29, 1.82) is 0 Å². The monoisotopic (exact) mass is 217 g/mol. The number of aryl methyl sites for hydroxylation is 2. The summed E-state index contributed by atoms with van der Waals surface area (Å²) in [6.45, 7) is 8.52. The van der Waals surface area contributed by atoms with Gasteiger partial charge in [-0.05, 0) is 32.8 Å². The molecule has 86 valence electrons. The third-order valence-electron chi connectivity index (χ3n) is 3.11. The summed E-state index contributed by atoms with van der Waals surface area (Å²) < 4.78 is 2.00. The molecular weight excluding hydrogens is 198 g/mol. The van der Waals surface area contributed by atoms with Crippen molar-refractivity contribution in [2.24, 2.45) is 0 Å². The summed E-state index contributed by atoms with van der Waals surface area (Å²) in [4.78, 5) is 4.51. The lowest BCUT2D eigenvalue weighted by atomic mass is 9.99. The predicted molar refractivity (Wildman–Crippen MR) is 65.8 cm³/mol. The molecule has 0 aromatic carbocycles. The molecule has 0 fully saturated rings. The maximum Gasteiger partial charge on any atom is 0.155 e. The van der Waals surface area contributed by atoms with Crippen molar-refractivity contribution in [2.75, 3.05) is 0 Å². The fourth-order valence-electron chi connectivity index (χ4n) is 2.24. The van der Waals surface area contributed by atoms with Crippen molar-refractivity contribution in [2.45, 2.75) is 46.5 Å². The van der Waals surface area contributed by atoms with E-state index in [-0.39, 0.29) is 0 Å². The van der Waals surface area contributed by atoms with Crippen LogP contribution >= 0.6 is 0 Å². The molecule has 0 aliphatic rings. The molecule has 2 rings (SSSR count). The number of rotatable bonds is 3. The molecule has 0 amide bonds. The van der Waals surface area contributed by atoms with Crippen molar-refractivity contribution in [3.8, 4) is 0 Å². The zero-order valence-electron chi connectivity index (χ0n) is 10.5. The number of aromatic nitrogens is 3. The Hall–Kier alpha value is -1.38. The number of nitrogens with zero attached hydrogens (tertiary/aromatic N) is 3. The Morgan fingerprint density at radius 2 is 1.81 bits per heavy atom. The molecule has 2 heterocycles. The maximum atomic E-state index is 4.53. The summed E-state index contributed by atoms with van der Waals surface area (Å²) in [7, 11) is 0. The van der Waals surface area contributed by atoms with E-state index in [1.807, 2.05) is 24.4 Å². The lowest BCUT2D eigenvalue weighted by Crippen LogP contribution is -2.07. The molecule has 0 radical (unpaired) electrons. The number of hydrogen-bond acceptors (Lipinski definition) is 2. The molecule has 16 heavy (non-hydrogen) atoms. The van der Waals surface area contributed by atoms with Gasteiger partial charge in [0, 0.05) is 23.4 Å². The van der Waals surface area contributed by atoms with Crippen molar-refractivity contribution < 1.29 is 0 Å². The summed E-state index contributed by atoms with van der Waals surface area (Å²) in [5.74, 6) is 0.573. The van der Waals surface area contributed by atoms with E-state index in [4.69, 9.17) is 0 Å². The molecule has 0 saturated heterocycles. The highest BCUT2D eigenvalue weighted by molar-refractivity contribution is 5.42. The molecule has 0 saturated carbocycles. The first kappa shape index (κ1) is 11.1. The highest BCUT2D eigenvalue weighted by Gasteiger charge is 2.13. The largest absolute Gasteiger partial charge is 0.234 e. The van der Waals surface area contributed by atoms with Crippen LogP contribution in [-0.2, 0) is 0 Å². The minimum atomic E-state index is 0.573. The first-order valence-electron chi connectivity index (χ1n) is 5.99. The van der Waals surface area contributed by atoms with E-state index in [0.29, 0.717) is 5.92 Å². The van der Waals surface area contributed by atoms with Gasteiger partial charge in [0.2, 0.25) is 0 Å². The standard InChI is InChI=1S/C13H19N3/c1-5-11(6-2)12-7-9(3)14-13-8-10(4)15-16(12)13/h7-8,11H,5-6H2,1-4H3. The van der Waals surface area contributed by atoms with Crippen molar-refractivity contribution in [1.82, 2.24) is 14.6 Å². The molecule has 0 N–H and O–H groups in total. The zero-order valence-corrected chi connectivity index (χ0v) is 10.5. The average molecular weight is 217 g/mol. The summed E-state index contributed by atoms with van der Waals surface area (Å²) >= 11 is 0. The van der Waals surface area contributed by atoms with Crippen LogP contribution in [0.3, 0.4) is 0 Å². The van der Waals surface area contributed by atoms with Gasteiger partial charge in [-0.3, -0.25) is 0 Å². The van der Waals surface area contributed by atoms with E-state index in [9.17, 15) is 0 Å². The van der Waals surface area contributed by atoms with E-state index in [1.165, 1.54) is 5.69 Å². The Morgan fingerprint density at radius 3 is 2.44 bits per heavy atom. The smallest absolute Gasteiger partial charge is 0.155 e. The SMILES string of the molecule is CCC(CC)c1cc(C)nc2cc(C)nn12. The molecule has 0 aliphatic heterocycles. The number of fused-ring (bicyclic) bond motifs is 1. The van der Waals surface area contributed by atoms with Gasteiger partial charge < -0.3 is 0 Å². The Morgan fingerprint density at radius 1 is 1.12 bits per heavy atom. The molecule has 2 aromatic rings. The van der Waals surface area contributed by atoms with Crippen LogP contribution in [0.5, 0.6) is 0 Å². The first-order valence-corrected chi connectivity index (χ1v) is 5.99. The second-order valence-electron chi connectivity index (χ2n) is 4.39. The van der Waals surface area contributed by atoms with E-state index < -0.39 is 0 Å². The Balaban J connectivity index is 2.66. The van der Waals surface area contributed by atoms with Crippen LogP contribution in [0.15, 0.2) is 12.1 Å². The van der Waals surface area contributed by atoms with Gasteiger partial charge in [0.1, 0.15) is 0 Å². The Bertz CT molecular complexity index is 495. The molecule has 0 aliphatic carbocycles. The predicted octanol–water partition coefficient (Wildman–Crippen LogP) is 3.25. The third-order valence-corrected chi connectivity index (χ3v) is 3.11. The van der Waals surface area contributed by atoms with Crippen molar-refractivity contribution in [3.63, 3.8) is 0 Å². The fourth-order valence-corrected chi connectivity index (χ4v) is 2.24. The maximum absolute atomic E-state index is 4.53. The van der Waals surface area contributed by atoms with E-state index in [2.05, 4.69) is 30.0 Å². The second-order valence-corrected chi connectivity index (χ2v) is 4.39. The highest BCUT2D eigenvalue weighted by Crippen LogP contribution is 2.24. The molecule has 2 aromatic heterocycles. The first-order chi connectivity index (χ1) is 7.65. The minimum Gasteiger partial charge on any atom is -0.234 e. The molecule has 3 nitrogen and oxygen atoms in total. The lowest BCUT2D eigenvalue weighted by Gasteiger charge is -2.14. The summed E-state index contributed by atoms with van der Waals surface area (Å²) in [5, 5.41) is 4.53. The molecule has 0 unspecified atom stereocenters. The van der Waals surface area contributed by atoms with E-state index >= 15 is 0 Å². The van der Waals surface area contributed by atoms with E-state index in [0.717, 1.165) is 29.9 Å². The fraction of sp³-hybridized carbons (Fsp3) is 0.538. The number of hydrogen-bond donors (Lipinski definition) is 0. The van der Waals surface area contributed by atoms with Crippen LogP contribution < -0.4 is 0 Å². The van der Waals surface area contributed by atoms with Crippen LogP contribution in [0.25, 0.3) is 5.65 Å². The third kappa shape index (κ3) is 1.82. The molecule has 0 spiro atoms. The minimum absolute atomic E-state index is 0.573. The van der Waals surface area contributed by atoms with Gasteiger partial charge in [0.15, 0.2) is 5.65 Å². The lowest BCUT2D eigenvalue weighted by molar-refractivity contribution is 0.598. The van der Waals surface area contributed by atoms with Crippen LogP contribution in [0, 0.1) is 13.8 Å². The molecular formula is C13H19N3. The van der Waals surface area contributed by atoms with E-state index in [1.54, 1.807) is 0 Å². The summed E-state index contributed by atoms with van der Waals surface area (Å²) in [6, 6.07) is 4.20. The van der Waals surface area contributed by atoms with Gasteiger partial charge in [-0.2, -0.15) is 5.10 Å². The topological polar surface area (TPSA) is 30.2 Å². The van der Waals surface area contributed by atoms with Crippen LogP contribution in [0.2, 0.25) is 0 Å². The highest BCUT2D eigenvalue weighted by atomic mass is 15.3. The second kappa shape index (κ2) is 4.24. The summed E-state index contributed by atoms with van der Waals surface area (Å²) in [6.07, 6.45) is 2.29. The van der Waals surface area contributed by atoms with Gasteiger partial charge in [-0.15, -0.1) is 0 Å². The van der Waals surface area contributed by atoms with Gasteiger partial charge in [0.05, 0.1) is 5.69 Å². The van der Waals surface area contributed by atoms with Crippen molar-refractivity contribution in [3.05, 3.63) is 29.2 Å². The quantitative estimate of drug-likeness (QED) is 0.790. The van der Waals surface area contributed by atoms with Gasteiger partial charge in [0.25, 0.3) is 0 Å². The Labute approximate surface area is 96.5 Å². The normalized spacial score (nSPS) is 11.6. The molecule has 0 atom stereocenters. The summed E-state index contributed by atoms with van der Waals surface area (Å²) in [5.41, 5.74) is 4.37. The van der Waals surface area contributed by atoms with Gasteiger partial charge >= 0.3 is 0 Å². The van der Waals surface area contributed by atoms with Gasteiger partial charge in [-0.25, -0.2) is 9.50 Å². The van der Waals surface area contributed by atoms with Crippen LogP contribution in [0.4, 0.5) is 0 Å². The van der Waals surface area contributed by atoms with Crippen molar-refractivity contribution >= 4 is 5.65 Å². The molecule has 3 heteroatoms. The Kier molecular flexibility index (Phi) is 2.95. The van der Waals surface area contributed by atoms with Crippen LogP contribution in [0.1, 0.15) is 49.7 Å².